The molecule has 0 saturated carbocycles. The topological polar surface area (TPSA) is 91.7 Å². The van der Waals surface area contributed by atoms with Gasteiger partial charge in [-0.15, -0.1) is 0 Å². The normalized spacial score (nSPS) is 13.7. The minimum atomic E-state index is -4.06. The third-order valence-electron chi connectivity index (χ3n) is 1.66. The van der Waals surface area contributed by atoms with Crippen molar-refractivity contribution >= 4 is 16.1 Å². The number of rotatable bonds is 5. The minimum Gasteiger partial charge on any atom is -0.478 e. The molecule has 0 aliphatic rings. The molecule has 0 aliphatic carbocycles. The van der Waals surface area contributed by atoms with Gasteiger partial charge in [-0.25, -0.2) is 4.79 Å². The Morgan fingerprint density at radius 2 is 2.00 bits per heavy atom. The summed E-state index contributed by atoms with van der Waals surface area (Å²) in [6.45, 7) is 4.54. The number of carbonyl (C=O) groups is 1. The predicted octanol–water partition coefficient (Wildman–Crippen LogP) is 0.684. The molecule has 2 N–H and O–H groups in total. The van der Waals surface area contributed by atoms with Gasteiger partial charge in [-0.1, -0.05) is 6.58 Å². The van der Waals surface area contributed by atoms with Gasteiger partial charge in [0, 0.05) is 5.57 Å². The molecule has 1 atom stereocenters. The van der Waals surface area contributed by atoms with E-state index in [0.717, 1.165) is 0 Å². The van der Waals surface area contributed by atoms with Crippen LogP contribution in [0.4, 0.5) is 0 Å². The van der Waals surface area contributed by atoms with Gasteiger partial charge in [-0.05, 0) is 19.8 Å². The summed E-state index contributed by atoms with van der Waals surface area (Å²) in [5, 5.41) is 7.43. The largest absolute Gasteiger partial charge is 0.478 e. The van der Waals surface area contributed by atoms with Crippen molar-refractivity contribution in [3.63, 3.8) is 0 Å². The zero-order valence-electron chi connectivity index (χ0n) is 7.23. The molecular formula is C7H12O5S. The van der Waals surface area contributed by atoms with E-state index in [2.05, 4.69) is 6.58 Å². The van der Waals surface area contributed by atoms with Gasteiger partial charge < -0.3 is 5.11 Å². The van der Waals surface area contributed by atoms with Crippen LogP contribution >= 0.6 is 0 Å². The van der Waals surface area contributed by atoms with E-state index in [1.165, 1.54) is 6.92 Å². The fourth-order valence-electron chi connectivity index (χ4n) is 0.633. The lowest BCUT2D eigenvalue weighted by Crippen LogP contribution is -2.17. The Balaban J connectivity index is 4.06. The number of carboxylic acids is 1. The summed E-state index contributed by atoms with van der Waals surface area (Å²) in [5.41, 5.74) is -0.0597. The fourth-order valence-corrected chi connectivity index (χ4v) is 1.05. The molecule has 6 heteroatoms. The Labute approximate surface area is 76.8 Å². The van der Waals surface area contributed by atoms with Crippen molar-refractivity contribution in [2.45, 2.75) is 25.0 Å². The molecule has 0 radical (unpaired) electrons. The summed E-state index contributed by atoms with van der Waals surface area (Å²) in [6.07, 6.45) is 0.111. The van der Waals surface area contributed by atoms with E-state index in [-0.39, 0.29) is 18.4 Å². The summed E-state index contributed by atoms with van der Waals surface area (Å²) in [4.78, 5) is 10.3. The van der Waals surface area contributed by atoms with Crippen molar-refractivity contribution in [3.8, 4) is 0 Å². The van der Waals surface area contributed by atoms with Gasteiger partial charge in [0.25, 0.3) is 10.1 Å². The molecule has 13 heavy (non-hydrogen) atoms. The number of hydrogen-bond donors (Lipinski definition) is 2. The molecule has 0 rings (SSSR count). The maximum absolute atomic E-state index is 10.5. The number of hydrogen-bond acceptors (Lipinski definition) is 3. The second kappa shape index (κ2) is 4.38. The SMILES string of the molecule is C=C(CCC(C)S(=O)(=O)O)C(=O)O. The van der Waals surface area contributed by atoms with Gasteiger partial charge in [0.05, 0.1) is 5.25 Å². The zero-order valence-corrected chi connectivity index (χ0v) is 8.04. The monoisotopic (exact) mass is 208 g/mol. The van der Waals surface area contributed by atoms with Gasteiger partial charge >= 0.3 is 5.97 Å². The Bertz CT molecular complexity index is 303. The quantitative estimate of drug-likeness (QED) is 0.512. The van der Waals surface area contributed by atoms with Gasteiger partial charge in [0.1, 0.15) is 0 Å². The Kier molecular flexibility index (Phi) is 4.09. The first-order valence-corrected chi connectivity index (χ1v) is 5.13. The van der Waals surface area contributed by atoms with Crippen LogP contribution in [0.25, 0.3) is 0 Å². The zero-order chi connectivity index (χ0) is 10.6. The van der Waals surface area contributed by atoms with E-state index in [4.69, 9.17) is 9.66 Å². The molecule has 0 amide bonds. The minimum absolute atomic E-state index is 0.0519. The van der Waals surface area contributed by atoms with Crippen molar-refractivity contribution in [1.29, 1.82) is 0 Å². The van der Waals surface area contributed by atoms with Crippen LogP contribution in [0, 0.1) is 0 Å². The van der Waals surface area contributed by atoms with Gasteiger partial charge in [0.15, 0.2) is 0 Å². The highest BCUT2D eigenvalue weighted by Crippen LogP contribution is 2.10. The summed E-state index contributed by atoms with van der Waals surface area (Å²) in [6, 6.07) is 0. The van der Waals surface area contributed by atoms with Crippen LogP contribution in [0.3, 0.4) is 0 Å². The van der Waals surface area contributed by atoms with E-state index >= 15 is 0 Å². The van der Waals surface area contributed by atoms with E-state index in [9.17, 15) is 13.2 Å². The molecule has 0 aliphatic heterocycles. The lowest BCUT2D eigenvalue weighted by atomic mass is 10.1. The lowest BCUT2D eigenvalue weighted by molar-refractivity contribution is -0.132. The Morgan fingerprint density at radius 1 is 1.54 bits per heavy atom. The highest BCUT2D eigenvalue weighted by Gasteiger charge is 2.18. The Morgan fingerprint density at radius 3 is 2.31 bits per heavy atom. The molecule has 0 aromatic heterocycles. The van der Waals surface area contributed by atoms with E-state index in [0.29, 0.717) is 0 Å². The molecule has 0 saturated heterocycles. The second-order valence-electron chi connectivity index (χ2n) is 2.77. The van der Waals surface area contributed by atoms with Crippen LogP contribution in [0.2, 0.25) is 0 Å². The first-order chi connectivity index (χ1) is 5.75. The molecule has 1 unspecified atom stereocenters. The second-order valence-corrected chi connectivity index (χ2v) is 4.61. The predicted molar refractivity (Wildman–Crippen MR) is 47.0 cm³/mol. The van der Waals surface area contributed by atoms with Crippen LogP contribution in [-0.4, -0.2) is 29.3 Å². The molecule has 0 spiro atoms. The van der Waals surface area contributed by atoms with Crippen LogP contribution in [-0.2, 0) is 14.9 Å². The molecule has 0 heterocycles. The molecular weight excluding hydrogens is 196 g/mol. The lowest BCUT2D eigenvalue weighted by Gasteiger charge is -2.06. The maximum Gasteiger partial charge on any atom is 0.330 e. The summed E-state index contributed by atoms with van der Waals surface area (Å²) < 4.78 is 29.5. The molecule has 0 bridgehead atoms. The van der Waals surface area contributed by atoms with Crippen molar-refractivity contribution < 1.29 is 22.9 Å². The first-order valence-electron chi connectivity index (χ1n) is 3.62. The average molecular weight is 208 g/mol. The number of aliphatic carboxylic acids is 1. The summed E-state index contributed by atoms with van der Waals surface area (Å²) in [7, 11) is -4.06. The van der Waals surface area contributed by atoms with E-state index < -0.39 is 21.3 Å². The standard InChI is InChI=1S/C7H12O5S/c1-5(7(8)9)3-4-6(2)13(10,11)12/h6H,1,3-4H2,2H3,(H,8,9)(H,10,11,12). The first kappa shape index (κ1) is 12.1. The fraction of sp³-hybridized carbons (Fsp3) is 0.571. The molecule has 0 aromatic rings. The van der Waals surface area contributed by atoms with Crippen molar-refractivity contribution in [2.24, 2.45) is 0 Å². The van der Waals surface area contributed by atoms with Crippen LogP contribution in [0.5, 0.6) is 0 Å². The third-order valence-corrected chi connectivity index (χ3v) is 2.92. The van der Waals surface area contributed by atoms with Gasteiger partial charge in [-0.2, -0.15) is 8.42 Å². The Hall–Kier alpha value is -0.880. The van der Waals surface area contributed by atoms with E-state index in [1.807, 2.05) is 0 Å². The summed E-state index contributed by atoms with van der Waals surface area (Å²) >= 11 is 0. The van der Waals surface area contributed by atoms with Crippen molar-refractivity contribution in [3.05, 3.63) is 12.2 Å². The van der Waals surface area contributed by atoms with Crippen LogP contribution in [0.15, 0.2) is 12.2 Å². The molecule has 0 aromatic carbocycles. The highest BCUT2D eigenvalue weighted by molar-refractivity contribution is 7.86. The van der Waals surface area contributed by atoms with Gasteiger partial charge in [0.2, 0.25) is 0 Å². The van der Waals surface area contributed by atoms with Crippen molar-refractivity contribution in [1.82, 2.24) is 0 Å². The summed E-state index contributed by atoms with van der Waals surface area (Å²) in [5.74, 6) is -1.15. The van der Waals surface area contributed by atoms with Crippen LogP contribution in [0.1, 0.15) is 19.8 Å². The van der Waals surface area contributed by atoms with E-state index in [1.54, 1.807) is 0 Å². The molecule has 0 fully saturated rings. The maximum atomic E-state index is 10.5. The van der Waals surface area contributed by atoms with Crippen molar-refractivity contribution in [2.75, 3.05) is 0 Å². The van der Waals surface area contributed by atoms with Gasteiger partial charge in [-0.3, -0.25) is 4.55 Å². The number of carboxylic acid groups (broad SMARTS) is 1. The smallest absolute Gasteiger partial charge is 0.330 e. The average Bonchev–Trinajstić information content (AvgIpc) is 1.97. The molecule has 5 nitrogen and oxygen atoms in total. The molecule has 76 valence electrons. The highest BCUT2D eigenvalue weighted by atomic mass is 32.2. The third kappa shape index (κ3) is 4.64. The van der Waals surface area contributed by atoms with Crippen LogP contribution < -0.4 is 0 Å².